The van der Waals surface area contributed by atoms with Gasteiger partial charge in [-0.25, -0.2) is 0 Å². The smallest absolute Gasteiger partial charge is 0.191 e. The molecule has 1 aromatic heterocycles. The van der Waals surface area contributed by atoms with Crippen molar-refractivity contribution in [3.05, 3.63) is 24.2 Å². The van der Waals surface area contributed by atoms with Crippen LogP contribution in [0.1, 0.15) is 56.7 Å². The van der Waals surface area contributed by atoms with Crippen LogP contribution >= 0.6 is 0 Å². The SMILES string of the molecule is CN=C(NCCN(CC1CC1)C1CC1)NCC(c1ccco1)N1CCCCC1. The van der Waals surface area contributed by atoms with Crippen LogP contribution in [0.3, 0.4) is 0 Å². The van der Waals surface area contributed by atoms with Crippen LogP contribution in [0.25, 0.3) is 0 Å². The maximum absolute atomic E-state index is 5.75. The number of guanidine groups is 1. The van der Waals surface area contributed by atoms with Crippen molar-refractivity contribution < 1.29 is 4.42 Å². The maximum atomic E-state index is 5.75. The summed E-state index contributed by atoms with van der Waals surface area (Å²) in [6, 6.07) is 5.21. The second-order valence-corrected chi connectivity index (χ2v) is 8.68. The van der Waals surface area contributed by atoms with Crippen LogP contribution < -0.4 is 10.6 Å². The van der Waals surface area contributed by atoms with Crippen LogP contribution in [0.5, 0.6) is 0 Å². The van der Waals surface area contributed by atoms with E-state index in [4.69, 9.17) is 4.42 Å². The molecule has 28 heavy (non-hydrogen) atoms. The zero-order valence-corrected chi connectivity index (χ0v) is 17.4. The van der Waals surface area contributed by atoms with E-state index in [1.807, 2.05) is 13.1 Å². The molecule has 0 aromatic carbocycles. The normalized spacial score (nSPS) is 22.4. The topological polar surface area (TPSA) is 56.0 Å². The summed E-state index contributed by atoms with van der Waals surface area (Å²) < 4.78 is 5.75. The number of piperidine rings is 1. The van der Waals surface area contributed by atoms with Gasteiger partial charge in [0.05, 0.1) is 12.3 Å². The summed E-state index contributed by atoms with van der Waals surface area (Å²) in [5.41, 5.74) is 0. The van der Waals surface area contributed by atoms with E-state index in [1.165, 1.54) is 51.5 Å². The maximum Gasteiger partial charge on any atom is 0.191 e. The molecule has 2 aliphatic carbocycles. The average Bonchev–Trinajstić information content (AvgIpc) is 3.66. The molecule has 0 amide bonds. The number of likely N-dealkylation sites (tertiary alicyclic amines) is 1. The van der Waals surface area contributed by atoms with Crippen LogP contribution in [-0.2, 0) is 0 Å². The van der Waals surface area contributed by atoms with E-state index < -0.39 is 0 Å². The minimum Gasteiger partial charge on any atom is -0.468 e. The molecule has 2 heterocycles. The first kappa shape index (κ1) is 19.8. The van der Waals surface area contributed by atoms with E-state index in [0.29, 0.717) is 0 Å². The van der Waals surface area contributed by atoms with Gasteiger partial charge in [-0.2, -0.15) is 0 Å². The number of nitrogens with one attached hydrogen (secondary N) is 2. The van der Waals surface area contributed by atoms with Crippen molar-refractivity contribution in [3.8, 4) is 0 Å². The second kappa shape index (κ2) is 9.79. The molecule has 156 valence electrons. The van der Waals surface area contributed by atoms with E-state index in [9.17, 15) is 0 Å². The highest BCUT2D eigenvalue weighted by Gasteiger charge is 2.33. The number of hydrogen-bond donors (Lipinski definition) is 2. The molecular formula is C22H37N5O. The lowest BCUT2D eigenvalue weighted by atomic mass is 10.1. The van der Waals surface area contributed by atoms with Gasteiger partial charge in [-0.05, 0) is 69.7 Å². The molecule has 3 fully saturated rings. The van der Waals surface area contributed by atoms with Gasteiger partial charge < -0.3 is 15.1 Å². The van der Waals surface area contributed by atoms with E-state index in [2.05, 4.69) is 31.5 Å². The molecular weight excluding hydrogens is 350 g/mol. The van der Waals surface area contributed by atoms with E-state index in [0.717, 1.165) is 56.4 Å². The summed E-state index contributed by atoms with van der Waals surface area (Å²) >= 11 is 0. The summed E-state index contributed by atoms with van der Waals surface area (Å²) in [5, 5.41) is 7.07. The van der Waals surface area contributed by atoms with Crippen molar-refractivity contribution in [3.63, 3.8) is 0 Å². The molecule has 2 saturated carbocycles. The predicted octanol–water partition coefficient (Wildman–Crippen LogP) is 2.85. The minimum absolute atomic E-state index is 0.270. The van der Waals surface area contributed by atoms with Gasteiger partial charge in [0.1, 0.15) is 5.76 Å². The van der Waals surface area contributed by atoms with E-state index in [-0.39, 0.29) is 6.04 Å². The number of rotatable bonds is 10. The van der Waals surface area contributed by atoms with Crippen LogP contribution in [0, 0.1) is 5.92 Å². The van der Waals surface area contributed by atoms with Gasteiger partial charge in [0.15, 0.2) is 5.96 Å². The fourth-order valence-electron chi connectivity index (χ4n) is 4.35. The molecule has 0 radical (unpaired) electrons. The van der Waals surface area contributed by atoms with Crippen LogP contribution in [0.2, 0.25) is 0 Å². The molecule has 1 saturated heterocycles. The van der Waals surface area contributed by atoms with Crippen LogP contribution in [0.4, 0.5) is 0 Å². The first-order valence-electron chi connectivity index (χ1n) is 11.3. The highest BCUT2D eigenvalue weighted by Crippen LogP contribution is 2.34. The van der Waals surface area contributed by atoms with Gasteiger partial charge in [-0.15, -0.1) is 0 Å². The lowest BCUT2D eigenvalue weighted by Gasteiger charge is -2.33. The average molecular weight is 388 g/mol. The lowest BCUT2D eigenvalue weighted by molar-refractivity contribution is 0.146. The molecule has 0 bridgehead atoms. The third-order valence-electron chi connectivity index (χ3n) is 6.33. The summed E-state index contributed by atoms with van der Waals surface area (Å²) in [4.78, 5) is 9.68. The molecule has 6 heteroatoms. The van der Waals surface area contributed by atoms with Crippen LogP contribution in [-0.4, -0.2) is 68.1 Å². The molecule has 1 unspecified atom stereocenters. The third-order valence-corrected chi connectivity index (χ3v) is 6.33. The Bertz CT molecular complexity index is 602. The van der Waals surface area contributed by atoms with Gasteiger partial charge in [0.2, 0.25) is 0 Å². The first-order chi connectivity index (χ1) is 13.8. The van der Waals surface area contributed by atoms with Gasteiger partial charge in [0, 0.05) is 39.3 Å². The van der Waals surface area contributed by atoms with Crippen molar-refractivity contribution >= 4 is 5.96 Å². The monoisotopic (exact) mass is 387 g/mol. The van der Waals surface area contributed by atoms with Gasteiger partial charge in [0.25, 0.3) is 0 Å². The molecule has 0 spiro atoms. The highest BCUT2D eigenvalue weighted by molar-refractivity contribution is 5.79. The Morgan fingerprint density at radius 1 is 1.21 bits per heavy atom. The molecule has 2 N–H and O–H groups in total. The molecule has 1 aliphatic heterocycles. The number of aliphatic imine (C=N–C) groups is 1. The summed E-state index contributed by atoms with van der Waals surface area (Å²) in [7, 11) is 1.86. The molecule has 1 aromatic rings. The standard InChI is InChI=1S/C22H37N5O/c1-23-22(24-11-14-27(19-9-10-19)17-18-7-8-18)25-16-20(21-6-5-15-28-21)26-12-3-2-4-13-26/h5-6,15,18-20H,2-4,7-14,16-17H2,1H3,(H2,23,24,25). The molecule has 3 aliphatic rings. The summed E-state index contributed by atoms with van der Waals surface area (Å²) in [6.07, 6.45) is 11.3. The van der Waals surface area contributed by atoms with Crippen molar-refractivity contribution in [2.45, 2.75) is 57.0 Å². The Hall–Kier alpha value is -1.53. The quantitative estimate of drug-likeness (QED) is 0.478. The molecule has 1 atom stereocenters. The van der Waals surface area contributed by atoms with Crippen LogP contribution in [0.15, 0.2) is 27.8 Å². The lowest BCUT2D eigenvalue weighted by Crippen LogP contribution is -2.46. The van der Waals surface area contributed by atoms with Gasteiger partial charge in [-0.1, -0.05) is 6.42 Å². The zero-order valence-electron chi connectivity index (χ0n) is 17.4. The number of nitrogens with zero attached hydrogens (tertiary/aromatic N) is 3. The predicted molar refractivity (Wildman–Crippen MR) is 114 cm³/mol. The first-order valence-corrected chi connectivity index (χ1v) is 11.3. The van der Waals surface area contributed by atoms with Gasteiger partial charge in [-0.3, -0.25) is 14.8 Å². The highest BCUT2D eigenvalue weighted by atomic mass is 16.3. The Labute approximate surface area is 169 Å². The third kappa shape index (κ3) is 5.74. The fraction of sp³-hybridized carbons (Fsp3) is 0.773. The Morgan fingerprint density at radius 2 is 2.04 bits per heavy atom. The van der Waals surface area contributed by atoms with E-state index in [1.54, 1.807) is 6.26 Å². The summed E-state index contributed by atoms with van der Waals surface area (Å²) in [5.74, 6) is 2.92. The van der Waals surface area contributed by atoms with Crippen molar-refractivity contribution in [2.75, 3.05) is 46.3 Å². The Kier molecular flexibility index (Phi) is 6.91. The molecule has 4 rings (SSSR count). The van der Waals surface area contributed by atoms with Gasteiger partial charge >= 0.3 is 0 Å². The zero-order chi connectivity index (χ0) is 19.2. The van der Waals surface area contributed by atoms with Crippen molar-refractivity contribution in [1.29, 1.82) is 0 Å². The van der Waals surface area contributed by atoms with Crippen molar-refractivity contribution in [1.82, 2.24) is 20.4 Å². The number of hydrogen-bond acceptors (Lipinski definition) is 4. The second-order valence-electron chi connectivity index (χ2n) is 8.68. The largest absolute Gasteiger partial charge is 0.468 e. The Balaban J connectivity index is 1.24. The fourth-order valence-corrected chi connectivity index (χ4v) is 4.35. The van der Waals surface area contributed by atoms with E-state index >= 15 is 0 Å². The number of furan rings is 1. The Morgan fingerprint density at radius 3 is 2.68 bits per heavy atom. The molecule has 6 nitrogen and oxygen atoms in total. The summed E-state index contributed by atoms with van der Waals surface area (Å²) in [6.45, 7) is 6.50. The minimum atomic E-state index is 0.270. The van der Waals surface area contributed by atoms with Crippen molar-refractivity contribution in [2.24, 2.45) is 10.9 Å².